The van der Waals surface area contributed by atoms with Crippen LogP contribution in [0.3, 0.4) is 0 Å². The average Bonchev–Trinajstić information content (AvgIpc) is 3.03. The van der Waals surface area contributed by atoms with Crippen LogP contribution in [-0.4, -0.2) is 38.9 Å². The van der Waals surface area contributed by atoms with Crippen molar-refractivity contribution in [3.8, 4) is 5.69 Å². The molecule has 1 aliphatic heterocycles. The fourth-order valence-corrected chi connectivity index (χ4v) is 2.46. The molecule has 2 aromatic rings. The molecule has 1 fully saturated rings. The summed E-state index contributed by atoms with van der Waals surface area (Å²) >= 11 is 0. The number of aromatic nitrogens is 3. The maximum Gasteiger partial charge on any atom is 0.191 e. The van der Waals surface area contributed by atoms with Crippen LogP contribution in [0, 0.1) is 0 Å². The second kappa shape index (κ2) is 6.39. The molecular weight excluding hydrogens is 264 g/mol. The minimum absolute atomic E-state index is 0.467. The Bertz CT molecular complexity index is 598. The van der Waals surface area contributed by atoms with Gasteiger partial charge in [0.25, 0.3) is 0 Å². The quantitative estimate of drug-likeness (QED) is 0.686. The van der Waals surface area contributed by atoms with E-state index in [-0.39, 0.29) is 0 Å². The lowest BCUT2D eigenvalue weighted by atomic mass is 10.1. The Morgan fingerprint density at radius 2 is 1.90 bits per heavy atom. The molecule has 0 bridgehead atoms. The van der Waals surface area contributed by atoms with Crippen molar-refractivity contribution >= 4 is 5.96 Å². The first kappa shape index (κ1) is 13.6. The number of piperidine rings is 1. The van der Waals surface area contributed by atoms with E-state index in [0.717, 1.165) is 24.5 Å². The fraction of sp³-hybridized carbons (Fsp3) is 0.400. The van der Waals surface area contributed by atoms with Crippen LogP contribution in [0.25, 0.3) is 5.69 Å². The monoisotopic (exact) mass is 284 g/mol. The largest absolute Gasteiger partial charge is 0.370 e. The second-order valence-corrected chi connectivity index (χ2v) is 5.21. The number of rotatable bonds is 3. The average molecular weight is 284 g/mol. The van der Waals surface area contributed by atoms with Gasteiger partial charge >= 0.3 is 0 Å². The van der Waals surface area contributed by atoms with E-state index in [1.807, 2.05) is 36.5 Å². The number of aliphatic imine (C=N–C) groups is 1. The van der Waals surface area contributed by atoms with E-state index < -0.39 is 0 Å². The molecule has 0 amide bonds. The van der Waals surface area contributed by atoms with E-state index in [9.17, 15) is 0 Å². The van der Waals surface area contributed by atoms with Crippen molar-refractivity contribution in [3.05, 3.63) is 42.2 Å². The highest BCUT2D eigenvalue weighted by molar-refractivity contribution is 5.78. The van der Waals surface area contributed by atoms with Crippen molar-refractivity contribution in [2.45, 2.75) is 25.8 Å². The fourth-order valence-electron chi connectivity index (χ4n) is 2.46. The summed E-state index contributed by atoms with van der Waals surface area (Å²) in [6.45, 7) is 2.48. The van der Waals surface area contributed by atoms with Crippen LogP contribution >= 0.6 is 0 Å². The van der Waals surface area contributed by atoms with Crippen molar-refractivity contribution < 1.29 is 0 Å². The zero-order valence-electron chi connectivity index (χ0n) is 12.0. The Labute approximate surface area is 124 Å². The first-order chi connectivity index (χ1) is 10.3. The van der Waals surface area contributed by atoms with Gasteiger partial charge in [-0.25, -0.2) is 9.67 Å². The highest BCUT2D eigenvalue weighted by Crippen LogP contribution is 2.09. The van der Waals surface area contributed by atoms with E-state index in [4.69, 9.17) is 5.73 Å². The lowest BCUT2D eigenvalue weighted by Gasteiger charge is -2.27. The molecule has 3 rings (SSSR count). The summed E-state index contributed by atoms with van der Waals surface area (Å²) in [5, 5.41) is 8.26. The number of nitrogens with zero attached hydrogens (tertiary/aromatic N) is 5. The van der Waals surface area contributed by atoms with Crippen molar-refractivity contribution in [3.63, 3.8) is 0 Å². The molecule has 0 saturated carbocycles. The predicted octanol–water partition coefficient (Wildman–Crippen LogP) is 1.57. The molecule has 110 valence electrons. The normalized spacial score (nSPS) is 16.2. The van der Waals surface area contributed by atoms with E-state index in [2.05, 4.69) is 20.2 Å². The SMILES string of the molecule is NC(=NCc1cn(-c2ccccc2)nn1)N1CCCCC1. The molecule has 21 heavy (non-hydrogen) atoms. The molecule has 0 spiro atoms. The molecule has 0 unspecified atom stereocenters. The van der Waals surface area contributed by atoms with Crippen LogP contribution in [0.15, 0.2) is 41.5 Å². The van der Waals surface area contributed by atoms with Gasteiger partial charge in [-0.3, -0.25) is 0 Å². The number of likely N-dealkylation sites (tertiary alicyclic amines) is 1. The zero-order chi connectivity index (χ0) is 14.5. The summed E-state index contributed by atoms with van der Waals surface area (Å²) in [6, 6.07) is 9.91. The van der Waals surface area contributed by atoms with Gasteiger partial charge in [-0.2, -0.15) is 0 Å². The molecule has 0 radical (unpaired) electrons. The van der Waals surface area contributed by atoms with E-state index in [1.165, 1.54) is 19.3 Å². The minimum Gasteiger partial charge on any atom is -0.370 e. The van der Waals surface area contributed by atoms with Gasteiger partial charge in [0, 0.05) is 13.1 Å². The number of guanidine groups is 1. The van der Waals surface area contributed by atoms with E-state index in [0.29, 0.717) is 12.5 Å². The maximum absolute atomic E-state index is 6.04. The lowest BCUT2D eigenvalue weighted by molar-refractivity contribution is 0.338. The van der Waals surface area contributed by atoms with E-state index in [1.54, 1.807) is 4.68 Å². The van der Waals surface area contributed by atoms with Crippen molar-refractivity contribution in [2.24, 2.45) is 10.7 Å². The molecule has 1 aromatic carbocycles. The first-order valence-corrected chi connectivity index (χ1v) is 7.34. The van der Waals surface area contributed by atoms with Gasteiger partial charge < -0.3 is 10.6 Å². The molecule has 0 aliphatic carbocycles. The van der Waals surface area contributed by atoms with Gasteiger partial charge in [0.2, 0.25) is 0 Å². The van der Waals surface area contributed by atoms with Gasteiger partial charge in [0.05, 0.1) is 18.4 Å². The lowest BCUT2D eigenvalue weighted by Crippen LogP contribution is -2.40. The standard InChI is InChI=1S/C15H20N6/c16-15(20-9-5-2-6-10-20)17-11-13-12-21(19-18-13)14-7-3-1-4-8-14/h1,3-4,7-8,12H,2,5-6,9-11H2,(H2,16,17). The molecule has 1 aromatic heterocycles. The minimum atomic E-state index is 0.467. The molecule has 2 heterocycles. The maximum atomic E-state index is 6.04. The van der Waals surface area contributed by atoms with Gasteiger partial charge in [0.1, 0.15) is 5.69 Å². The summed E-state index contributed by atoms with van der Waals surface area (Å²) in [6.07, 6.45) is 5.57. The van der Waals surface area contributed by atoms with Gasteiger partial charge in [-0.15, -0.1) is 5.10 Å². The topological polar surface area (TPSA) is 72.3 Å². The molecule has 1 aliphatic rings. The van der Waals surface area contributed by atoms with Gasteiger partial charge in [0.15, 0.2) is 5.96 Å². The first-order valence-electron chi connectivity index (χ1n) is 7.34. The molecule has 0 atom stereocenters. The second-order valence-electron chi connectivity index (χ2n) is 5.21. The Hall–Kier alpha value is -2.37. The number of para-hydroxylation sites is 1. The van der Waals surface area contributed by atoms with Gasteiger partial charge in [-0.05, 0) is 31.4 Å². The summed E-state index contributed by atoms with van der Waals surface area (Å²) in [7, 11) is 0. The third-order valence-corrected chi connectivity index (χ3v) is 3.64. The van der Waals surface area contributed by atoms with Crippen LogP contribution < -0.4 is 5.73 Å². The Balaban J connectivity index is 1.64. The number of nitrogens with two attached hydrogens (primary N) is 1. The van der Waals surface area contributed by atoms with E-state index >= 15 is 0 Å². The van der Waals surface area contributed by atoms with Crippen molar-refractivity contribution in [1.29, 1.82) is 0 Å². The molecule has 6 nitrogen and oxygen atoms in total. The number of hydrogen-bond donors (Lipinski definition) is 1. The predicted molar refractivity (Wildman–Crippen MR) is 82.1 cm³/mol. The summed E-state index contributed by atoms with van der Waals surface area (Å²) < 4.78 is 1.75. The van der Waals surface area contributed by atoms with Crippen LogP contribution in [0.1, 0.15) is 25.0 Å². The third kappa shape index (κ3) is 3.39. The summed E-state index contributed by atoms with van der Waals surface area (Å²) in [5.41, 5.74) is 7.84. The highest BCUT2D eigenvalue weighted by Gasteiger charge is 2.12. The van der Waals surface area contributed by atoms with Crippen LogP contribution in [-0.2, 0) is 6.54 Å². The van der Waals surface area contributed by atoms with Crippen molar-refractivity contribution in [2.75, 3.05) is 13.1 Å². The molecule has 6 heteroatoms. The summed E-state index contributed by atoms with van der Waals surface area (Å²) in [5.74, 6) is 0.615. The Morgan fingerprint density at radius 1 is 1.14 bits per heavy atom. The van der Waals surface area contributed by atoms with Crippen LogP contribution in [0.5, 0.6) is 0 Å². The van der Waals surface area contributed by atoms with Crippen LogP contribution in [0.2, 0.25) is 0 Å². The summed E-state index contributed by atoms with van der Waals surface area (Å²) in [4.78, 5) is 6.57. The Morgan fingerprint density at radius 3 is 2.67 bits per heavy atom. The third-order valence-electron chi connectivity index (χ3n) is 3.64. The molecule has 2 N–H and O–H groups in total. The van der Waals surface area contributed by atoms with Gasteiger partial charge in [-0.1, -0.05) is 23.4 Å². The zero-order valence-corrected chi connectivity index (χ0v) is 12.0. The molecule has 1 saturated heterocycles. The number of hydrogen-bond acceptors (Lipinski definition) is 3. The van der Waals surface area contributed by atoms with Crippen LogP contribution in [0.4, 0.5) is 0 Å². The highest BCUT2D eigenvalue weighted by atomic mass is 15.4. The Kier molecular flexibility index (Phi) is 4.14. The molecular formula is C15H20N6. The smallest absolute Gasteiger partial charge is 0.191 e. The van der Waals surface area contributed by atoms with Crippen molar-refractivity contribution in [1.82, 2.24) is 19.9 Å². The number of benzene rings is 1.